The molecule has 1 unspecified atom stereocenters. The third kappa shape index (κ3) is 7.00. The van der Waals surface area contributed by atoms with Crippen molar-refractivity contribution >= 4 is 50.7 Å². The summed E-state index contributed by atoms with van der Waals surface area (Å²) in [5.41, 5.74) is 1.16. The number of para-hydroxylation sites is 2. The average Bonchev–Trinajstić information content (AvgIpc) is 3.01. The standard InChI is InChI=1S/C31H26Cl2FN3O5S/c32-22-13-15-23(16-14-22)43(40,41)36(18-24-25(33)9-6-10-26(24)34)20-30(38)37-19-29(42-28-12-5-4-11-27(28)37)31(39)35-17-21-7-2-1-3-8-21/h1-16,29H,17-20H2,(H,35,39). The molecule has 0 radical (unpaired) electrons. The Morgan fingerprint density at radius 1 is 0.930 bits per heavy atom. The lowest BCUT2D eigenvalue weighted by molar-refractivity contribution is -0.128. The number of halogens is 3. The Balaban J connectivity index is 1.43. The van der Waals surface area contributed by atoms with Crippen molar-refractivity contribution in [2.45, 2.75) is 24.1 Å². The molecular weight excluding hydrogens is 616 g/mol. The molecule has 0 saturated heterocycles. The predicted octanol–water partition coefficient (Wildman–Crippen LogP) is 5.43. The highest BCUT2D eigenvalue weighted by Gasteiger charge is 2.36. The molecule has 43 heavy (non-hydrogen) atoms. The first kappa shape index (κ1) is 30.5. The average molecular weight is 643 g/mol. The number of sulfonamides is 1. The fraction of sp³-hybridized carbons (Fsp3) is 0.161. The number of carbonyl (C=O) groups is 2. The van der Waals surface area contributed by atoms with Crippen LogP contribution in [-0.2, 0) is 32.7 Å². The molecule has 0 fully saturated rings. The molecule has 8 nitrogen and oxygen atoms in total. The number of carbonyl (C=O) groups excluding carboxylic acids is 2. The van der Waals surface area contributed by atoms with Crippen LogP contribution in [-0.4, -0.2) is 43.7 Å². The van der Waals surface area contributed by atoms with E-state index in [4.69, 9.17) is 27.9 Å². The van der Waals surface area contributed by atoms with Gasteiger partial charge in [0.2, 0.25) is 15.9 Å². The smallest absolute Gasteiger partial charge is 0.263 e. The zero-order valence-corrected chi connectivity index (χ0v) is 24.9. The molecule has 1 aliphatic rings. The number of fused-ring (bicyclic) bond motifs is 1. The second kappa shape index (κ2) is 13.1. The van der Waals surface area contributed by atoms with Crippen LogP contribution in [0.4, 0.5) is 10.1 Å². The van der Waals surface area contributed by atoms with Gasteiger partial charge in [0.25, 0.3) is 5.91 Å². The fourth-order valence-electron chi connectivity index (χ4n) is 4.58. The van der Waals surface area contributed by atoms with Crippen LogP contribution in [0.25, 0.3) is 0 Å². The Kier molecular flexibility index (Phi) is 9.31. The van der Waals surface area contributed by atoms with E-state index in [0.29, 0.717) is 10.7 Å². The van der Waals surface area contributed by atoms with E-state index >= 15 is 0 Å². The van der Waals surface area contributed by atoms with Gasteiger partial charge in [0.15, 0.2) is 6.10 Å². The molecule has 1 atom stereocenters. The molecule has 5 rings (SSSR count). The number of ether oxygens (including phenoxy) is 1. The zero-order chi connectivity index (χ0) is 30.6. The van der Waals surface area contributed by atoms with Crippen molar-refractivity contribution in [1.82, 2.24) is 9.62 Å². The van der Waals surface area contributed by atoms with Crippen molar-refractivity contribution in [2.75, 3.05) is 18.0 Å². The van der Waals surface area contributed by atoms with Crippen LogP contribution in [0.15, 0.2) is 102 Å². The Morgan fingerprint density at radius 2 is 1.63 bits per heavy atom. The van der Waals surface area contributed by atoms with Gasteiger partial charge in [0.05, 0.1) is 23.7 Å². The SMILES string of the molecule is O=C(NCc1ccccc1)C1CN(C(=O)CN(Cc2c(F)cccc2Cl)S(=O)(=O)c2ccc(Cl)cc2)c2ccccc2O1. The number of hydrogen-bond donors (Lipinski definition) is 1. The van der Waals surface area contributed by atoms with Crippen molar-refractivity contribution in [3.8, 4) is 5.75 Å². The van der Waals surface area contributed by atoms with E-state index in [2.05, 4.69) is 5.32 Å². The van der Waals surface area contributed by atoms with Crippen molar-refractivity contribution < 1.29 is 27.1 Å². The van der Waals surface area contributed by atoms with Gasteiger partial charge < -0.3 is 15.0 Å². The molecule has 1 aliphatic heterocycles. The Morgan fingerprint density at radius 3 is 2.35 bits per heavy atom. The summed E-state index contributed by atoms with van der Waals surface area (Å²) in [7, 11) is -4.34. The number of amides is 2. The second-order valence-corrected chi connectivity index (χ2v) is 12.5. The molecule has 222 valence electrons. The highest BCUT2D eigenvalue weighted by atomic mass is 35.5. The van der Waals surface area contributed by atoms with Crippen molar-refractivity contribution in [2.24, 2.45) is 0 Å². The van der Waals surface area contributed by atoms with E-state index in [-0.39, 0.29) is 34.3 Å². The largest absolute Gasteiger partial charge is 0.477 e. The molecule has 0 aromatic heterocycles. The maximum Gasteiger partial charge on any atom is 0.263 e. The maximum absolute atomic E-state index is 14.8. The summed E-state index contributed by atoms with van der Waals surface area (Å²) in [4.78, 5) is 28.2. The Labute approximate surface area is 258 Å². The second-order valence-electron chi connectivity index (χ2n) is 9.71. The monoisotopic (exact) mass is 641 g/mol. The van der Waals surface area contributed by atoms with Gasteiger partial charge in [-0.25, -0.2) is 12.8 Å². The van der Waals surface area contributed by atoms with E-state index < -0.39 is 46.8 Å². The summed E-state index contributed by atoms with van der Waals surface area (Å²) < 4.78 is 49.1. The van der Waals surface area contributed by atoms with Crippen LogP contribution in [0.1, 0.15) is 11.1 Å². The van der Waals surface area contributed by atoms with Crippen LogP contribution in [0.5, 0.6) is 5.75 Å². The molecule has 4 aromatic carbocycles. The lowest BCUT2D eigenvalue weighted by Gasteiger charge is -2.35. The third-order valence-corrected chi connectivity index (χ3v) is 9.25. The third-order valence-electron chi connectivity index (χ3n) is 6.84. The van der Waals surface area contributed by atoms with E-state index in [1.54, 1.807) is 24.3 Å². The van der Waals surface area contributed by atoms with Crippen LogP contribution in [0.2, 0.25) is 10.0 Å². The first-order valence-corrected chi connectivity index (χ1v) is 15.4. The quantitative estimate of drug-likeness (QED) is 0.263. The Hall–Kier alpha value is -3.96. The summed E-state index contributed by atoms with van der Waals surface area (Å²) >= 11 is 12.2. The number of hydrogen-bond acceptors (Lipinski definition) is 5. The van der Waals surface area contributed by atoms with Gasteiger partial charge in [0, 0.05) is 28.7 Å². The van der Waals surface area contributed by atoms with Crippen molar-refractivity contribution in [3.63, 3.8) is 0 Å². The number of rotatable bonds is 9. The van der Waals surface area contributed by atoms with E-state index in [9.17, 15) is 22.4 Å². The van der Waals surface area contributed by atoms with Gasteiger partial charge in [-0.05, 0) is 54.1 Å². The predicted molar refractivity (Wildman–Crippen MR) is 162 cm³/mol. The molecule has 1 heterocycles. The fourth-order valence-corrected chi connectivity index (χ4v) is 6.29. The Bertz CT molecular complexity index is 1720. The summed E-state index contributed by atoms with van der Waals surface area (Å²) in [6.45, 7) is -1.12. The normalized spacial score (nSPS) is 14.6. The number of nitrogens with one attached hydrogen (secondary N) is 1. The van der Waals surface area contributed by atoms with Gasteiger partial charge in [-0.15, -0.1) is 0 Å². The minimum Gasteiger partial charge on any atom is -0.477 e. The molecule has 0 spiro atoms. The van der Waals surface area contributed by atoms with Gasteiger partial charge in [-0.3, -0.25) is 9.59 Å². The van der Waals surface area contributed by atoms with Gasteiger partial charge >= 0.3 is 0 Å². The molecule has 0 saturated carbocycles. The van der Waals surface area contributed by atoms with Crippen LogP contribution in [0.3, 0.4) is 0 Å². The molecule has 2 amide bonds. The highest BCUT2D eigenvalue weighted by molar-refractivity contribution is 7.89. The summed E-state index contributed by atoms with van der Waals surface area (Å²) in [6, 6.07) is 25.4. The lowest BCUT2D eigenvalue weighted by atomic mass is 10.1. The van der Waals surface area contributed by atoms with Gasteiger partial charge in [-0.2, -0.15) is 4.31 Å². The number of benzene rings is 4. The first-order valence-electron chi connectivity index (χ1n) is 13.2. The molecule has 4 aromatic rings. The number of nitrogens with zero attached hydrogens (tertiary/aromatic N) is 2. The van der Waals surface area contributed by atoms with Crippen LogP contribution >= 0.6 is 23.2 Å². The van der Waals surface area contributed by atoms with E-state index in [1.807, 2.05) is 30.3 Å². The lowest BCUT2D eigenvalue weighted by Crippen LogP contribution is -2.52. The van der Waals surface area contributed by atoms with Crippen molar-refractivity contribution in [1.29, 1.82) is 0 Å². The molecule has 1 N–H and O–H groups in total. The minimum atomic E-state index is -4.34. The molecular formula is C31H26Cl2FN3O5S. The van der Waals surface area contributed by atoms with Gasteiger partial charge in [-0.1, -0.05) is 71.7 Å². The van der Waals surface area contributed by atoms with Crippen LogP contribution < -0.4 is 15.0 Å². The summed E-state index contributed by atoms with van der Waals surface area (Å²) in [6.07, 6.45) is -1.06. The number of anilines is 1. The molecule has 0 aliphatic carbocycles. The van der Waals surface area contributed by atoms with E-state index in [0.717, 1.165) is 15.9 Å². The maximum atomic E-state index is 14.8. The first-order chi connectivity index (χ1) is 20.6. The zero-order valence-electron chi connectivity index (χ0n) is 22.6. The summed E-state index contributed by atoms with van der Waals surface area (Å²) in [5.74, 6) is -1.53. The van der Waals surface area contributed by atoms with E-state index in [1.165, 1.54) is 41.3 Å². The van der Waals surface area contributed by atoms with Crippen molar-refractivity contribution in [3.05, 3.63) is 124 Å². The minimum absolute atomic E-state index is 0.00984. The molecule has 12 heteroatoms. The van der Waals surface area contributed by atoms with Gasteiger partial charge in [0.1, 0.15) is 11.6 Å². The topological polar surface area (TPSA) is 96.0 Å². The highest BCUT2D eigenvalue weighted by Crippen LogP contribution is 2.34. The summed E-state index contributed by atoms with van der Waals surface area (Å²) in [5, 5.41) is 3.15. The van der Waals surface area contributed by atoms with Crippen LogP contribution in [0, 0.1) is 5.82 Å². The molecule has 0 bridgehead atoms.